The van der Waals surface area contributed by atoms with E-state index in [1.54, 1.807) is 6.92 Å². The number of guanidine groups is 1. The maximum absolute atomic E-state index is 12.1. The fourth-order valence-electron chi connectivity index (χ4n) is 2.36. The minimum Gasteiger partial charge on any atom is -0.444 e. The van der Waals surface area contributed by atoms with Crippen LogP contribution in [0.3, 0.4) is 0 Å². The zero-order valence-corrected chi connectivity index (χ0v) is 18.9. The Bertz CT molecular complexity index is 622. The molecular weight excluding hydrogens is 376 g/mol. The Morgan fingerprint density at radius 2 is 1.96 bits per heavy atom. The predicted molar refractivity (Wildman–Crippen MR) is 116 cm³/mol. The molecule has 0 aromatic carbocycles. The number of hydrogen-bond acceptors (Lipinski definition) is 5. The molecule has 0 aliphatic heterocycles. The number of carbonyl (C=O) groups excluding carboxylic acids is 1. The van der Waals surface area contributed by atoms with Crippen LogP contribution < -0.4 is 16.0 Å². The molecule has 7 nitrogen and oxygen atoms in total. The van der Waals surface area contributed by atoms with Crippen molar-refractivity contribution < 1.29 is 14.6 Å². The molecule has 0 aliphatic rings. The summed E-state index contributed by atoms with van der Waals surface area (Å²) < 4.78 is 5.35. The Morgan fingerprint density at radius 1 is 1.29 bits per heavy atom. The minimum atomic E-state index is -1.03. The van der Waals surface area contributed by atoms with E-state index in [2.05, 4.69) is 20.9 Å². The van der Waals surface area contributed by atoms with Crippen LogP contribution in [0, 0.1) is 5.92 Å². The van der Waals surface area contributed by atoms with Gasteiger partial charge in [-0.2, -0.15) is 0 Å². The van der Waals surface area contributed by atoms with Gasteiger partial charge >= 0.3 is 6.09 Å². The summed E-state index contributed by atoms with van der Waals surface area (Å²) in [5.74, 6) is 0.799. The quantitative estimate of drug-likeness (QED) is 0.389. The summed E-state index contributed by atoms with van der Waals surface area (Å²) in [5.41, 5.74) is -1.56. The highest BCUT2D eigenvalue weighted by Gasteiger charge is 2.25. The highest BCUT2D eigenvalue weighted by Crippen LogP contribution is 2.25. The number of thiophene rings is 1. The van der Waals surface area contributed by atoms with E-state index >= 15 is 0 Å². The van der Waals surface area contributed by atoms with Gasteiger partial charge in [-0.1, -0.05) is 19.9 Å². The van der Waals surface area contributed by atoms with Gasteiger partial charge in [0.1, 0.15) is 11.2 Å². The van der Waals surface area contributed by atoms with Crippen LogP contribution in [0.1, 0.15) is 53.3 Å². The monoisotopic (exact) mass is 412 g/mol. The number of hydrogen-bond donors (Lipinski definition) is 4. The molecule has 2 unspecified atom stereocenters. The number of carbonyl (C=O) groups is 1. The van der Waals surface area contributed by atoms with Crippen LogP contribution in [-0.2, 0) is 10.3 Å². The first-order valence-corrected chi connectivity index (χ1v) is 10.6. The molecule has 0 radical (unpaired) electrons. The maximum atomic E-state index is 12.1. The van der Waals surface area contributed by atoms with Crippen LogP contribution in [0.5, 0.6) is 0 Å². The van der Waals surface area contributed by atoms with Crippen molar-refractivity contribution in [3.63, 3.8) is 0 Å². The van der Waals surface area contributed by atoms with Crippen molar-refractivity contribution in [2.75, 3.05) is 19.6 Å². The first-order chi connectivity index (χ1) is 12.9. The number of aliphatic hydroxyl groups is 1. The Kier molecular flexibility index (Phi) is 9.23. The predicted octanol–water partition coefficient (Wildman–Crippen LogP) is 3.06. The summed E-state index contributed by atoms with van der Waals surface area (Å²) in [6, 6.07) is 3.69. The van der Waals surface area contributed by atoms with Gasteiger partial charge in [0.25, 0.3) is 0 Å². The minimum absolute atomic E-state index is 0.128. The van der Waals surface area contributed by atoms with Gasteiger partial charge in [-0.15, -0.1) is 11.3 Å². The van der Waals surface area contributed by atoms with Gasteiger partial charge in [0.15, 0.2) is 5.96 Å². The summed E-state index contributed by atoms with van der Waals surface area (Å²) in [7, 11) is 0. The van der Waals surface area contributed by atoms with E-state index in [-0.39, 0.29) is 18.5 Å². The summed E-state index contributed by atoms with van der Waals surface area (Å²) >= 11 is 1.51. The van der Waals surface area contributed by atoms with Crippen molar-refractivity contribution in [2.45, 2.75) is 65.7 Å². The molecule has 1 aromatic rings. The number of ether oxygens (including phenoxy) is 1. The second-order valence-corrected chi connectivity index (χ2v) is 9.27. The van der Waals surface area contributed by atoms with E-state index in [0.29, 0.717) is 19.0 Å². The van der Waals surface area contributed by atoms with Gasteiger partial charge in [-0.3, -0.25) is 0 Å². The molecule has 1 rings (SSSR count). The number of aliphatic imine (C=N–C) groups is 1. The zero-order chi connectivity index (χ0) is 21.4. The Balaban J connectivity index is 2.71. The number of rotatable bonds is 8. The average Bonchev–Trinajstić information content (AvgIpc) is 3.09. The molecule has 1 aromatic heterocycles. The molecule has 160 valence electrons. The van der Waals surface area contributed by atoms with E-state index in [0.717, 1.165) is 4.88 Å². The molecule has 0 bridgehead atoms. The fourth-order valence-corrected chi connectivity index (χ4v) is 3.14. The lowest BCUT2D eigenvalue weighted by Crippen LogP contribution is -2.50. The van der Waals surface area contributed by atoms with Crippen LogP contribution in [-0.4, -0.2) is 48.4 Å². The number of nitrogens with zero attached hydrogens (tertiary/aromatic N) is 1. The average molecular weight is 413 g/mol. The summed E-state index contributed by atoms with van der Waals surface area (Å²) in [5, 5.41) is 21.9. The molecule has 2 atom stereocenters. The summed E-state index contributed by atoms with van der Waals surface area (Å²) in [6.07, 6.45) is -0.435. The van der Waals surface area contributed by atoms with Crippen molar-refractivity contribution in [2.24, 2.45) is 10.9 Å². The van der Waals surface area contributed by atoms with Crippen molar-refractivity contribution in [1.82, 2.24) is 16.0 Å². The molecule has 1 heterocycles. The third-order valence-electron chi connectivity index (χ3n) is 3.94. The standard InChI is InChI=1S/C20H36N4O3S/c1-8-21-17(23-13-20(7,26)16-10-9-11-28-16)22-12-15(14(2)3)24-18(25)27-19(4,5)6/h9-11,14-15,26H,8,12-13H2,1-7H3,(H,24,25)(H2,21,22,23). The van der Waals surface area contributed by atoms with Crippen LogP contribution in [0.15, 0.2) is 22.5 Å². The molecule has 1 amide bonds. The van der Waals surface area contributed by atoms with Crippen LogP contribution in [0.2, 0.25) is 0 Å². The maximum Gasteiger partial charge on any atom is 0.407 e. The van der Waals surface area contributed by atoms with E-state index in [1.165, 1.54) is 11.3 Å². The smallest absolute Gasteiger partial charge is 0.407 e. The second kappa shape index (κ2) is 10.7. The lowest BCUT2D eigenvalue weighted by atomic mass is 10.0. The zero-order valence-electron chi connectivity index (χ0n) is 18.1. The Labute approximate surface area is 173 Å². The molecule has 0 saturated carbocycles. The largest absolute Gasteiger partial charge is 0.444 e. The van der Waals surface area contributed by atoms with Crippen molar-refractivity contribution >= 4 is 23.4 Å². The summed E-state index contributed by atoms with van der Waals surface area (Å²) in [6.45, 7) is 14.7. The van der Waals surface area contributed by atoms with E-state index in [4.69, 9.17) is 4.74 Å². The first-order valence-electron chi connectivity index (χ1n) is 9.72. The Morgan fingerprint density at radius 3 is 2.46 bits per heavy atom. The van der Waals surface area contributed by atoms with Crippen molar-refractivity contribution in [3.8, 4) is 0 Å². The van der Waals surface area contributed by atoms with E-state index < -0.39 is 17.3 Å². The third kappa shape index (κ3) is 8.93. The SMILES string of the molecule is CCNC(=NCC(C)(O)c1cccs1)NCC(NC(=O)OC(C)(C)C)C(C)C. The van der Waals surface area contributed by atoms with Crippen molar-refractivity contribution in [3.05, 3.63) is 22.4 Å². The normalized spacial score (nSPS) is 15.7. The van der Waals surface area contributed by atoms with Crippen LogP contribution in [0.4, 0.5) is 4.79 Å². The molecule has 4 N–H and O–H groups in total. The molecule has 0 spiro atoms. The van der Waals surface area contributed by atoms with Gasteiger partial charge < -0.3 is 25.8 Å². The molecule has 0 fully saturated rings. The van der Waals surface area contributed by atoms with Crippen LogP contribution >= 0.6 is 11.3 Å². The van der Waals surface area contributed by atoms with Gasteiger partial charge in [0, 0.05) is 18.0 Å². The van der Waals surface area contributed by atoms with Gasteiger partial charge in [-0.25, -0.2) is 9.79 Å². The third-order valence-corrected chi connectivity index (χ3v) is 5.06. The summed E-state index contributed by atoms with van der Waals surface area (Å²) in [4.78, 5) is 17.5. The van der Waals surface area contributed by atoms with Gasteiger partial charge in [0.2, 0.25) is 0 Å². The highest BCUT2D eigenvalue weighted by molar-refractivity contribution is 7.10. The van der Waals surface area contributed by atoms with E-state index in [1.807, 2.05) is 59.1 Å². The molecule has 8 heteroatoms. The van der Waals surface area contributed by atoms with Crippen molar-refractivity contribution in [1.29, 1.82) is 0 Å². The Hall–Kier alpha value is -1.80. The second-order valence-electron chi connectivity index (χ2n) is 8.32. The fraction of sp³-hybridized carbons (Fsp3) is 0.700. The lowest BCUT2D eigenvalue weighted by Gasteiger charge is -2.27. The van der Waals surface area contributed by atoms with Crippen LogP contribution in [0.25, 0.3) is 0 Å². The number of nitrogens with one attached hydrogen (secondary N) is 3. The molecular formula is C20H36N4O3S. The topological polar surface area (TPSA) is 95.0 Å². The molecule has 28 heavy (non-hydrogen) atoms. The molecule has 0 saturated heterocycles. The number of amides is 1. The van der Waals surface area contributed by atoms with Gasteiger partial charge in [0.05, 0.1) is 12.6 Å². The van der Waals surface area contributed by atoms with Gasteiger partial charge in [-0.05, 0) is 52.0 Å². The highest BCUT2D eigenvalue weighted by atomic mass is 32.1. The number of alkyl carbamates (subject to hydrolysis) is 1. The lowest BCUT2D eigenvalue weighted by molar-refractivity contribution is 0.0491. The molecule has 0 aliphatic carbocycles. The first kappa shape index (κ1) is 24.2. The van der Waals surface area contributed by atoms with E-state index in [9.17, 15) is 9.90 Å².